The highest BCUT2D eigenvalue weighted by Gasteiger charge is 2.16. The molecule has 90 valence electrons. The van der Waals surface area contributed by atoms with E-state index in [1.807, 2.05) is 0 Å². The highest BCUT2D eigenvalue weighted by molar-refractivity contribution is 5.92. The van der Waals surface area contributed by atoms with E-state index < -0.39 is 0 Å². The molecule has 3 heterocycles. The van der Waals surface area contributed by atoms with Crippen molar-refractivity contribution < 1.29 is 4.42 Å². The number of hydrogen-bond acceptors (Lipinski definition) is 5. The molecule has 0 spiro atoms. The van der Waals surface area contributed by atoms with E-state index in [9.17, 15) is 4.79 Å². The number of hydrogen-bond donors (Lipinski definition) is 0. The van der Waals surface area contributed by atoms with Crippen molar-refractivity contribution in [2.45, 2.75) is 0 Å². The lowest BCUT2D eigenvalue weighted by Crippen LogP contribution is -2.05. The van der Waals surface area contributed by atoms with Gasteiger partial charge in [-0.25, -0.2) is 9.97 Å². The van der Waals surface area contributed by atoms with Crippen LogP contribution in [0.5, 0.6) is 0 Å². The van der Waals surface area contributed by atoms with Crippen LogP contribution in [-0.2, 0) is 0 Å². The molecule has 0 N–H and O–H groups in total. The van der Waals surface area contributed by atoms with Gasteiger partial charge in [-0.2, -0.15) is 0 Å². The normalized spacial score (nSPS) is 11.4. The molecule has 2 aromatic rings. The molecule has 0 radical (unpaired) electrons. The Morgan fingerprint density at radius 3 is 2.84 bits per heavy atom. The average molecular weight is 249 g/mol. The first-order valence-electron chi connectivity index (χ1n) is 5.76. The molecule has 2 aliphatic rings. The second-order valence-electron chi connectivity index (χ2n) is 4.16. The molecule has 0 aromatic carbocycles. The molecule has 4 rings (SSSR count). The van der Waals surface area contributed by atoms with Crippen molar-refractivity contribution in [1.82, 2.24) is 15.0 Å². The standard InChI is InChI=1S/C14H7N3O2/c18-9-7-11-13(12-8(9)3-1-5-15-12)17-14-10(19-11)4-2-6-16-14/h1-7H. The van der Waals surface area contributed by atoms with Gasteiger partial charge in [-0.3, -0.25) is 9.78 Å². The molecule has 2 aromatic heterocycles. The van der Waals surface area contributed by atoms with E-state index in [4.69, 9.17) is 4.42 Å². The molecular formula is C14H7N3O2. The first kappa shape index (κ1) is 10.1. The fourth-order valence-corrected chi connectivity index (χ4v) is 2.13. The predicted molar refractivity (Wildman–Crippen MR) is 70.0 cm³/mol. The molecule has 5 nitrogen and oxygen atoms in total. The quantitative estimate of drug-likeness (QED) is 0.353. The summed E-state index contributed by atoms with van der Waals surface area (Å²) in [5, 5.41) is 0.535. The Morgan fingerprint density at radius 1 is 1.05 bits per heavy atom. The largest absolute Gasteiger partial charge is 0.451 e. The third-order valence-electron chi connectivity index (χ3n) is 2.98. The number of aromatic nitrogens is 3. The maximum atomic E-state index is 12.0. The van der Waals surface area contributed by atoms with Crippen LogP contribution in [0.3, 0.4) is 0 Å². The fraction of sp³-hybridized carbons (Fsp3) is 0. The Kier molecular flexibility index (Phi) is 1.91. The Balaban J connectivity index is 2.30. The lowest BCUT2D eigenvalue weighted by Gasteiger charge is -2.07. The van der Waals surface area contributed by atoms with Crippen LogP contribution < -0.4 is 5.43 Å². The minimum absolute atomic E-state index is 0.121. The van der Waals surface area contributed by atoms with E-state index in [0.29, 0.717) is 33.6 Å². The van der Waals surface area contributed by atoms with Crippen LogP contribution >= 0.6 is 0 Å². The average Bonchev–Trinajstić information content (AvgIpc) is 2.46. The summed E-state index contributed by atoms with van der Waals surface area (Å²) in [4.78, 5) is 24.8. The Morgan fingerprint density at radius 2 is 1.89 bits per heavy atom. The van der Waals surface area contributed by atoms with Crippen LogP contribution in [0.25, 0.3) is 33.6 Å². The van der Waals surface area contributed by atoms with Crippen LogP contribution in [0.2, 0.25) is 0 Å². The summed E-state index contributed by atoms with van der Waals surface area (Å²) in [6.45, 7) is 0. The highest BCUT2D eigenvalue weighted by atomic mass is 16.3. The fourth-order valence-electron chi connectivity index (χ4n) is 2.13. The molecule has 0 saturated heterocycles. The van der Waals surface area contributed by atoms with Crippen molar-refractivity contribution in [2.75, 3.05) is 0 Å². The van der Waals surface area contributed by atoms with Crippen molar-refractivity contribution in [3.05, 3.63) is 52.9 Å². The van der Waals surface area contributed by atoms with E-state index in [0.717, 1.165) is 0 Å². The Hall–Kier alpha value is -2.82. The monoisotopic (exact) mass is 249 g/mol. The molecule has 0 saturated carbocycles. The third-order valence-corrected chi connectivity index (χ3v) is 2.98. The molecule has 19 heavy (non-hydrogen) atoms. The van der Waals surface area contributed by atoms with Crippen LogP contribution in [-0.4, -0.2) is 15.0 Å². The van der Waals surface area contributed by atoms with Gasteiger partial charge in [0.05, 0.1) is 5.39 Å². The summed E-state index contributed by atoms with van der Waals surface area (Å²) < 4.78 is 5.67. The molecule has 5 heteroatoms. The molecule has 0 fully saturated rings. The van der Waals surface area contributed by atoms with Crippen molar-refractivity contribution in [2.24, 2.45) is 0 Å². The number of fused-ring (bicyclic) bond motifs is 4. The summed E-state index contributed by atoms with van der Waals surface area (Å²) in [6, 6.07) is 8.43. The number of pyridine rings is 2. The van der Waals surface area contributed by atoms with Crippen LogP contribution in [0.15, 0.2) is 51.9 Å². The topological polar surface area (TPSA) is 68.9 Å². The number of rotatable bonds is 0. The van der Waals surface area contributed by atoms with Gasteiger partial charge in [-0.05, 0) is 24.3 Å². The second kappa shape index (κ2) is 3.58. The summed E-state index contributed by atoms with van der Waals surface area (Å²) in [5.41, 5.74) is 2.03. The Labute approximate surface area is 106 Å². The summed E-state index contributed by atoms with van der Waals surface area (Å²) >= 11 is 0. The SMILES string of the molecule is O=c1cc2oc3cccnc3nc-2c2ncccc12. The highest BCUT2D eigenvalue weighted by Crippen LogP contribution is 2.27. The van der Waals surface area contributed by atoms with Gasteiger partial charge in [0.1, 0.15) is 11.2 Å². The van der Waals surface area contributed by atoms with Crippen molar-refractivity contribution >= 4 is 22.1 Å². The van der Waals surface area contributed by atoms with Crippen LogP contribution in [0.4, 0.5) is 0 Å². The molecule has 0 atom stereocenters. The van der Waals surface area contributed by atoms with Gasteiger partial charge < -0.3 is 4.42 Å². The van der Waals surface area contributed by atoms with Gasteiger partial charge in [-0.15, -0.1) is 0 Å². The number of nitrogens with zero attached hydrogens (tertiary/aromatic N) is 3. The maximum Gasteiger partial charge on any atom is 0.196 e. The second-order valence-corrected chi connectivity index (χ2v) is 4.16. The zero-order valence-corrected chi connectivity index (χ0v) is 9.70. The lowest BCUT2D eigenvalue weighted by molar-refractivity contribution is 0.611. The molecule has 0 bridgehead atoms. The first-order chi connectivity index (χ1) is 9.33. The van der Waals surface area contributed by atoms with Crippen molar-refractivity contribution in [3.8, 4) is 11.5 Å². The third kappa shape index (κ3) is 1.41. The Bertz CT molecular complexity index is 946. The van der Waals surface area contributed by atoms with E-state index in [2.05, 4.69) is 15.0 Å². The predicted octanol–water partition coefficient (Wildman–Crippen LogP) is 2.24. The molecule has 1 aliphatic heterocycles. The van der Waals surface area contributed by atoms with Crippen molar-refractivity contribution in [3.63, 3.8) is 0 Å². The number of benzene rings is 1. The van der Waals surface area contributed by atoms with E-state index in [-0.39, 0.29) is 5.43 Å². The molecule has 0 unspecified atom stereocenters. The van der Waals surface area contributed by atoms with Gasteiger partial charge in [0.25, 0.3) is 0 Å². The van der Waals surface area contributed by atoms with E-state index >= 15 is 0 Å². The van der Waals surface area contributed by atoms with Gasteiger partial charge in [-0.1, -0.05) is 0 Å². The maximum absolute atomic E-state index is 12.0. The molecule has 1 aliphatic carbocycles. The molecular weight excluding hydrogens is 242 g/mol. The molecule has 0 amide bonds. The van der Waals surface area contributed by atoms with Crippen LogP contribution in [0.1, 0.15) is 0 Å². The van der Waals surface area contributed by atoms with Gasteiger partial charge in [0.2, 0.25) is 0 Å². The summed E-state index contributed by atoms with van der Waals surface area (Å²) in [7, 11) is 0. The minimum Gasteiger partial charge on any atom is -0.451 e. The first-order valence-corrected chi connectivity index (χ1v) is 5.76. The lowest BCUT2D eigenvalue weighted by atomic mass is 10.1. The van der Waals surface area contributed by atoms with E-state index in [1.165, 1.54) is 6.07 Å². The minimum atomic E-state index is -0.121. The smallest absolute Gasteiger partial charge is 0.196 e. The van der Waals surface area contributed by atoms with E-state index in [1.54, 1.807) is 36.7 Å². The summed E-state index contributed by atoms with van der Waals surface area (Å²) in [5.74, 6) is 0.428. The van der Waals surface area contributed by atoms with Crippen LogP contribution in [0, 0.1) is 0 Å². The van der Waals surface area contributed by atoms with Crippen molar-refractivity contribution in [1.29, 1.82) is 0 Å². The summed E-state index contributed by atoms with van der Waals surface area (Å²) in [6.07, 6.45) is 3.28. The van der Waals surface area contributed by atoms with Gasteiger partial charge >= 0.3 is 0 Å². The zero-order valence-electron chi connectivity index (χ0n) is 9.70. The van der Waals surface area contributed by atoms with Gasteiger partial charge in [0.15, 0.2) is 22.4 Å². The van der Waals surface area contributed by atoms with Gasteiger partial charge in [0, 0.05) is 18.5 Å². The zero-order chi connectivity index (χ0) is 12.8.